The first-order valence-electron chi connectivity index (χ1n) is 9.71. The third-order valence-electron chi connectivity index (χ3n) is 5.15. The fourth-order valence-electron chi connectivity index (χ4n) is 3.71. The maximum Gasteiger partial charge on any atom is 0.417 e. The number of nitrogens with one attached hydrogen (secondary N) is 1. The Kier molecular flexibility index (Phi) is 6.65. The van der Waals surface area contributed by atoms with Crippen LogP contribution in [0.1, 0.15) is 31.2 Å². The van der Waals surface area contributed by atoms with Crippen molar-refractivity contribution in [1.29, 1.82) is 0 Å². The summed E-state index contributed by atoms with van der Waals surface area (Å²) >= 11 is 0. The average molecular weight is 417 g/mol. The fraction of sp³-hybridized carbons (Fsp3) is 0.450. The quantitative estimate of drug-likeness (QED) is 0.689. The number of ether oxygens (including phenoxy) is 1. The monoisotopic (exact) mass is 417 g/mol. The molecule has 2 saturated heterocycles. The summed E-state index contributed by atoms with van der Waals surface area (Å²) < 4.78 is 5.22. The molecule has 0 aliphatic carbocycles. The second-order valence-corrected chi connectivity index (χ2v) is 7.16. The van der Waals surface area contributed by atoms with Crippen molar-refractivity contribution in [2.24, 2.45) is 0 Å². The molecule has 160 valence electrons. The zero-order valence-electron chi connectivity index (χ0n) is 16.3. The molecule has 1 aromatic rings. The molecular weight excluding hydrogens is 394 g/mol. The molecule has 3 rings (SSSR count). The van der Waals surface area contributed by atoms with Gasteiger partial charge in [0.15, 0.2) is 0 Å². The molecular formula is C20H23N3O7. The summed E-state index contributed by atoms with van der Waals surface area (Å²) in [6, 6.07) is 7.09. The van der Waals surface area contributed by atoms with Gasteiger partial charge < -0.3 is 20.1 Å². The van der Waals surface area contributed by atoms with E-state index in [9.17, 15) is 24.0 Å². The van der Waals surface area contributed by atoms with Crippen molar-refractivity contribution in [3.63, 3.8) is 0 Å². The fourth-order valence-corrected chi connectivity index (χ4v) is 3.71. The Morgan fingerprint density at radius 2 is 1.83 bits per heavy atom. The highest BCUT2D eigenvalue weighted by molar-refractivity contribution is 6.01. The number of nitrogens with zero attached hydrogens (tertiary/aromatic N) is 2. The lowest BCUT2D eigenvalue weighted by atomic mass is 10.1. The summed E-state index contributed by atoms with van der Waals surface area (Å²) in [5, 5.41) is 11.0. The Bertz CT molecular complexity index is 842. The van der Waals surface area contributed by atoms with Crippen LogP contribution in [0.2, 0.25) is 0 Å². The molecule has 2 aliphatic rings. The van der Waals surface area contributed by atoms with Crippen molar-refractivity contribution < 1.29 is 33.8 Å². The predicted molar refractivity (Wildman–Crippen MR) is 102 cm³/mol. The molecule has 2 heterocycles. The van der Waals surface area contributed by atoms with Gasteiger partial charge in [0.05, 0.1) is 0 Å². The van der Waals surface area contributed by atoms with Crippen LogP contribution in [0.5, 0.6) is 0 Å². The van der Waals surface area contributed by atoms with Crippen LogP contribution in [-0.2, 0) is 30.5 Å². The summed E-state index contributed by atoms with van der Waals surface area (Å²) in [7, 11) is 0. The van der Waals surface area contributed by atoms with E-state index in [4.69, 9.17) is 9.84 Å². The molecule has 1 aromatic carbocycles. The molecule has 2 atom stereocenters. The van der Waals surface area contributed by atoms with E-state index in [0.717, 1.165) is 10.5 Å². The van der Waals surface area contributed by atoms with E-state index in [1.165, 1.54) is 4.90 Å². The molecule has 2 aliphatic heterocycles. The first kappa shape index (κ1) is 21.3. The smallest absolute Gasteiger partial charge is 0.417 e. The van der Waals surface area contributed by atoms with Crippen molar-refractivity contribution >= 4 is 29.8 Å². The van der Waals surface area contributed by atoms with Crippen LogP contribution in [0.4, 0.5) is 4.79 Å². The molecule has 0 unspecified atom stereocenters. The summed E-state index contributed by atoms with van der Waals surface area (Å²) in [5.41, 5.74) is 0.745. The predicted octanol–water partition coefficient (Wildman–Crippen LogP) is 0.506. The van der Waals surface area contributed by atoms with Gasteiger partial charge in [0.2, 0.25) is 17.7 Å². The first-order valence-corrected chi connectivity index (χ1v) is 9.71. The van der Waals surface area contributed by atoms with E-state index < -0.39 is 48.4 Å². The lowest BCUT2D eigenvalue weighted by molar-refractivity contribution is -0.144. The number of aliphatic carboxylic acids is 1. The van der Waals surface area contributed by atoms with Crippen molar-refractivity contribution in [3.8, 4) is 0 Å². The zero-order chi connectivity index (χ0) is 21.7. The molecule has 2 N–H and O–H groups in total. The van der Waals surface area contributed by atoms with Gasteiger partial charge in [-0.3, -0.25) is 19.2 Å². The highest BCUT2D eigenvalue weighted by Crippen LogP contribution is 2.26. The number of hydrogen-bond acceptors (Lipinski definition) is 6. The molecule has 0 bridgehead atoms. The number of imide groups is 1. The van der Waals surface area contributed by atoms with Gasteiger partial charge in [-0.25, -0.2) is 9.69 Å². The number of benzene rings is 1. The van der Waals surface area contributed by atoms with Crippen molar-refractivity contribution in [2.45, 2.75) is 44.4 Å². The Hall–Kier alpha value is -3.43. The van der Waals surface area contributed by atoms with Gasteiger partial charge in [0.1, 0.15) is 25.2 Å². The van der Waals surface area contributed by atoms with E-state index in [1.54, 1.807) is 24.3 Å². The minimum Gasteiger partial charge on any atom is -0.480 e. The average Bonchev–Trinajstić information content (AvgIpc) is 3.37. The number of carbonyl (C=O) groups is 5. The molecule has 0 spiro atoms. The topological polar surface area (TPSA) is 133 Å². The summed E-state index contributed by atoms with van der Waals surface area (Å²) in [5.74, 6) is -2.76. The first-order chi connectivity index (χ1) is 14.4. The van der Waals surface area contributed by atoms with Gasteiger partial charge in [0.25, 0.3) is 0 Å². The van der Waals surface area contributed by atoms with Crippen LogP contribution in [0, 0.1) is 0 Å². The molecule has 4 amide bonds. The van der Waals surface area contributed by atoms with E-state index in [0.29, 0.717) is 19.4 Å². The number of carboxylic acids is 1. The Balaban J connectivity index is 1.66. The molecule has 0 radical (unpaired) electrons. The van der Waals surface area contributed by atoms with Gasteiger partial charge in [0, 0.05) is 13.0 Å². The molecule has 0 aromatic heterocycles. The lowest BCUT2D eigenvalue weighted by Crippen LogP contribution is -2.54. The summed E-state index contributed by atoms with van der Waals surface area (Å²) in [4.78, 5) is 62.9. The standard InChI is InChI=1S/C20H23N3O7/c24-16-9-8-15(23(16)20(29)30-12-13-5-2-1-3-6-13)19(28)22-10-4-7-14(22)18(27)21-11-17(25)26/h1-3,5-6,14-15H,4,7-12H2,(H,21,27)(H,25,26)/t14-,15-/m0/s1. The SMILES string of the molecule is O=C(O)CNC(=O)[C@@H]1CCCN1C(=O)[C@@H]1CCC(=O)N1C(=O)OCc1ccccc1. The van der Waals surface area contributed by atoms with Crippen LogP contribution in [0.3, 0.4) is 0 Å². The van der Waals surface area contributed by atoms with Crippen LogP contribution in [0.15, 0.2) is 30.3 Å². The number of carboxylic acid groups (broad SMARTS) is 1. The number of carbonyl (C=O) groups excluding carboxylic acids is 4. The minimum absolute atomic E-state index is 0.0283. The van der Waals surface area contributed by atoms with E-state index in [-0.39, 0.29) is 19.4 Å². The number of hydrogen-bond donors (Lipinski definition) is 2. The van der Waals surface area contributed by atoms with Crippen LogP contribution in [-0.4, -0.2) is 69.9 Å². The third kappa shape index (κ3) is 4.76. The maximum atomic E-state index is 13.1. The van der Waals surface area contributed by atoms with Crippen molar-refractivity contribution in [3.05, 3.63) is 35.9 Å². The van der Waals surface area contributed by atoms with E-state index in [1.807, 2.05) is 6.07 Å². The van der Waals surface area contributed by atoms with E-state index >= 15 is 0 Å². The number of likely N-dealkylation sites (tertiary alicyclic amines) is 2. The second-order valence-electron chi connectivity index (χ2n) is 7.16. The largest absolute Gasteiger partial charge is 0.480 e. The van der Waals surface area contributed by atoms with Crippen molar-refractivity contribution in [2.75, 3.05) is 13.1 Å². The molecule has 10 heteroatoms. The molecule has 30 heavy (non-hydrogen) atoms. The third-order valence-corrected chi connectivity index (χ3v) is 5.15. The summed E-state index contributed by atoms with van der Waals surface area (Å²) in [6.07, 6.45) is 0.232. The normalized spacial score (nSPS) is 20.9. The Labute approximate surface area is 172 Å². The highest BCUT2D eigenvalue weighted by atomic mass is 16.6. The molecule has 10 nitrogen and oxygen atoms in total. The van der Waals surface area contributed by atoms with Crippen LogP contribution in [0.25, 0.3) is 0 Å². The highest BCUT2D eigenvalue weighted by Gasteiger charge is 2.46. The maximum absolute atomic E-state index is 13.1. The van der Waals surface area contributed by atoms with Crippen LogP contribution >= 0.6 is 0 Å². The van der Waals surface area contributed by atoms with E-state index in [2.05, 4.69) is 5.32 Å². The second kappa shape index (κ2) is 9.38. The van der Waals surface area contributed by atoms with Crippen molar-refractivity contribution in [1.82, 2.24) is 15.1 Å². The minimum atomic E-state index is -1.19. The Morgan fingerprint density at radius 1 is 1.10 bits per heavy atom. The van der Waals surface area contributed by atoms with Gasteiger partial charge in [-0.1, -0.05) is 30.3 Å². The number of amides is 4. The van der Waals surface area contributed by atoms with Gasteiger partial charge in [-0.2, -0.15) is 0 Å². The van der Waals surface area contributed by atoms with Crippen LogP contribution < -0.4 is 5.32 Å². The van der Waals surface area contributed by atoms with Gasteiger partial charge in [-0.15, -0.1) is 0 Å². The molecule has 0 saturated carbocycles. The molecule has 2 fully saturated rings. The van der Waals surface area contributed by atoms with Gasteiger partial charge >= 0.3 is 12.1 Å². The zero-order valence-corrected chi connectivity index (χ0v) is 16.3. The number of rotatable bonds is 6. The van der Waals surface area contributed by atoms with Gasteiger partial charge in [-0.05, 0) is 24.8 Å². The Morgan fingerprint density at radius 3 is 2.53 bits per heavy atom. The lowest BCUT2D eigenvalue weighted by Gasteiger charge is -2.29. The summed E-state index contributed by atoms with van der Waals surface area (Å²) in [6.45, 7) is -0.285.